The SMILES string of the molecule is Cc1noc(CNCc2ccc(O)c(Cl)c2)n1. The Morgan fingerprint density at radius 3 is 2.88 bits per heavy atom. The molecular formula is C11H12ClN3O2. The molecule has 0 aliphatic rings. The molecule has 6 heteroatoms. The van der Waals surface area contributed by atoms with Crippen LogP contribution in [0.2, 0.25) is 5.02 Å². The highest BCUT2D eigenvalue weighted by molar-refractivity contribution is 6.32. The molecule has 1 aromatic heterocycles. The Labute approximate surface area is 103 Å². The lowest BCUT2D eigenvalue weighted by atomic mass is 10.2. The van der Waals surface area contributed by atoms with Crippen molar-refractivity contribution in [1.29, 1.82) is 0 Å². The summed E-state index contributed by atoms with van der Waals surface area (Å²) in [6, 6.07) is 5.08. The van der Waals surface area contributed by atoms with Crippen molar-refractivity contribution in [3.05, 3.63) is 40.5 Å². The van der Waals surface area contributed by atoms with Crippen LogP contribution in [0.25, 0.3) is 0 Å². The first-order chi connectivity index (χ1) is 8.15. The highest BCUT2D eigenvalue weighted by Gasteiger charge is 2.03. The molecule has 0 aliphatic carbocycles. The molecule has 5 nitrogen and oxygen atoms in total. The third kappa shape index (κ3) is 3.18. The summed E-state index contributed by atoms with van der Waals surface area (Å²) in [7, 11) is 0. The Hall–Kier alpha value is -1.59. The molecule has 0 fully saturated rings. The number of aromatic nitrogens is 2. The molecule has 0 radical (unpaired) electrons. The van der Waals surface area contributed by atoms with Gasteiger partial charge in [-0.2, -0.15) is 4.98 Å². The molecule has 0 saturated heterocycles. The average molecular weight is 254 g/mol. The van der Waals surface area contributed by atoms with Crippen LogP contribution in [0.1, 0.15) is 17.3 Å². The largest absolute Gasteiger partial charge is 0.506 e. The van der Waals surface area contributed by atoms with Gasteiger partial charge in [0.15, 0.2) is 5.82 Å². The van der Waals surface area contributed by atoms with Crippen LogP contribution in [-0.2, 0) is 13.1 Å². The van der Waals surface area contributed by atoms with Crippen LogP contribution in [0.3, 0.4) is 0 Å². The van der Waals surface area contributed by atoms with Crippen molar-refractivity contribution in [1.82, 2.24) is 15.5 Å². The summed E-state index contributed by atoms with van der Waals surface area (Å²) in [6.45, 7) is 2.88. The quantitative estimate of drug-likeness (QED) is 0.872. The summed E-state index contributed by atoms with van der Waals surface area (Å²) in [5.41, 5.74) is 0.976. The van der Waals surface area contributed by atoms with Crippen molar-refractivity contribution in [3.8, 4) is 5.75 Å². The molecule has 0 saturated carbocycles. The fraction of sp³-hybridized carbons (Fsp3) is 0.273. The highest BCUT2D eigenvalue weighted by atomic mass is 35.5. The van der Waals surface area contributed by atoms with E-state index in [1.165, 1.54) is 0 Å². The van der Waals surface area contributed by atoms with Crippen molar-refractivity contribution in [2.45, 2.75) is 20.0 Å². The van der Waals surface area contributed by atoms with Gasteiger partial charge in [-0.15, -0.1) is 0 Å². The number of hydrogen-bond acceptors (Lipinski definition) is 5. The molecule has 0 spiro atoms. The second kappa shape index (κ2) is 5.16. The van der Waals surface area contributed by atoms with Crippen LogP contribution in [0.5, 0.6) is 5.75 Å². The van der Waals surface area contributed by atoms with Gasteiger partial charge in [-0.1, -0.05) is 22.8 Å². The van der Waals surface area contributed by atoms with Gasteiger partial charge in [0.2, 0.25) is 5.89 Å². The van der Waals surface area contributed by atoms with E-state index >= 15 is 0 Å². The zero-order valence-corrected chi connectivity index (χ0v) is 10.0. The van der Waals surface area contributed by atoms with Gasteiger partial charge >= 0.3 is 0 Å². The normalized spacial score (nSPS) is 10.7. The third-order valence-corrected chi connectivity index (χ3v) is 2.49. The molecule has 2 N–H and O–H groups in total. The van der Waals surface area contributed by atoms with Gasteiger partial charge in [0.25, 0.3) is 0 Å². The molecule has 90 valence electrons. The summed E-state index contributed by atoms with van der Waals surface area (Å²) in [6.07, 6.45) is 0. The number of nitrogens with one attached hydrogen (secondary N) is 1. The predicted octanol–water partition coefficient (Wildman–Crippen LogP) is 2.03. The van der Waals surface area contributed by atoms with E-state index < -0.39 is 0 Å². The summed E-state index contributed by atoms with van der Waals surface area (Å²) in [5.74, 6) is 1.25. The molecule has 0 amide bonds. The zero-order valence-electron chi connectivity index (χ0n) is 9.27. The Balaban J connectivity index is 1.87. The topological polar surface area (TPSA) is 71.2 Å². The standard InChI is InChI=1S/C11H12ClN3O2/c1-7-14-11(17-15-7)6-13-5-8-2-3-10(16)9(12)4-8/h2-4,13,16H,5-6H2,1H3. The van der Waals surface area contributed by atoms with Gasteiger partial charge in [0, 0.05) is 6.54 Å². The van der Waals surface area contributed by atoms with Gasteiger partial charge in [0.1, 0.15) is 5.75 Å². The first-order valence-corrected chi connectivity index (χ1v) is 5.50. The minimum atomic E-state index is 0.0861. The first kappa shape index (κ1) is 11.9. The number of aryl methyl sites for hydroxylation is 1. The monoisotopic (exact) mass is 253 g/mol. The van der Waals surface area contributed by atoms with Gasteiger partial charge in [-0.05, 0) is 24.6 Å². The molecule has 0 aliphatic heterocycles. The van der Waals surface area contributed by atoms with Crippen molar-refractivity contribution >= 4 is 11.6 Å². The smallest absolute Gasteiger partial charge is 0.240 e. The number of halogens is 1. The van der Waals surface area contributed by atoms with Gasteiger partial charge in [-0.25, -0.2) is 0 Å². The van der Waals surface area contributed by atoms with Gasteiger partial charge in [-0.3, -0.25) is 0 Å². The number of benzene rings is 1. The van der Waals surface area contributed by atoms with E-state index in [1.807, 2.05) is 0 Å². The second-order valence-electron chi connectivity index (χ2n) is 3.62. The van der Waals surface area contributed by atoms with Crippen molar-refractivity contribution in [2.24, 2.45) is 0 Å². The molecule has 2 aromatic rings. The second-order valence-corrected chi connectivity index (χ2v) is 4.03. The Morgan fingerprint density at radius 1 is 1.41 bits per heavy atom. The van der Waals surface area contributed by atoms with Crippen LogP contribution >= 0.6 is 11.6 Å². The summed E-state index contributed by atoms with van der Waals surface area (Å²) in [4.78, 5) is 4.07. The molecule has 0 unspecified atom stereocenters. The molecule has 0 bridgehead atoms. The van der Waals surface area contributed by atoms with Crippen molar-refractivity contribution in [2.75, 3.05) is 0 Å². The van der Waals surface area contributed by atoms with Crippen molar-refractivity contribution in [3.63, 3.8) is 0 Å². The minimum Gasteiger partial charge on any atom is -0.506 e. The Kier molecular flexibility index (Phi) is 3.61. The Morgan fingerprint density at radius 2 is 2.24 bits per heavy atom. The Bertz CT molecular complexity index is 513. The number of phenols is 1. The van der Waals surface area contributed by atoms with E-state index in [-0.39, 0.29) is 5.75 Å². The molecule has 1 aromatic carbocycles. The van der Waals surface area contributed by atoms with E-state index in [0.717, 1.165) is 5.56 Å². The van der Waals surface area contributed by atoms with Gasteiger partial charge < -0.3 is 14.9 Å². The number of rotatable bonds is 4. The number of nitrogens with zero attached hydrogens (tertiary/aromatic N) is 2. The maximum Gasteiger partial charge on any atom is 0.240 e. The molecule has 2 rings (SSSR count). The molecule has 17 heavy (non-hydrogen) atoms. The number of phenolic OH excluding ortho intramolecular Hbond substituents is 1. The fourth-order valence-corrected chi connectivity index (χ4v) is 1.59. The lowest BCUT2D eigenvalue weighted by Gasteiger charge is -2.03. The van der Waals surface area contributed by atoms with Crippen molar-refractivity contribution < 1.29 is 9.63 Å². The number of aromatic hydroxyl groups is 1. The maximum absolute atomic E-state index is 9.26. The maximum atomic E-state index is 9.26. The lowest BCUT2D eigenvalue weighted by Crippen LogP contribution is -2.12. The highest BCUT2D eigenvalue weighted by Crippen LogP contribution is 2.23. The average Bonchev–Trinajstić information content (AvgIpc) is 2.70. The van der Waals surface area contributed by atoms with Crippen LogP contribution in [0.4, 0.5) is 0 Å². The first-order valence-electron chi connectivity index (χ1n) is 5.12. The van der Waals surface area contributed by atoms with Crippen LogP contribution in [0.15, 0.2) is 22.7 Å². The number of hydrogen-bond donors (Lipinski definition) is 2. The van der Waals surface area contributed by atoms with Gasteiger partial charge in [0.05, 0.1) is 11.6 Å². The molecule has 0 atom stereocenters. The molecule has 1 heterocycles. The minimum absolute atomic E-state index is 0.0861. The summed E-state index contributed by atoms with van der Waals surface area (Å²) >= 11 is 5.79. The van der Waals surface area contributed by atoms with E-state index in [9.17, 15) is 5.11 Å². The summed E-state index contributed by atoms with van der Waals surface area (Å²) < 4.78 is 4.96. The molecular weight excluding hydrogens is 242 g/mol. The van der Waals surface area contributed by atoms with Crippen LogP contribution in [0, 0.1) is 6.92 Å². The summed E-state index contributed by atoms with van der Waals surface area (Å²) in [5, 5.41) is 16.4. The van der Waals surface area contributed by atoms with E-state index in [0.29, 0.717) is 29.8 Å². The van der Waals surface area contributed by atoms with Crippen LogP contribution < -0.4 is 5.32 Å². The predicted molar refractivity (Wildman–Crippen MR) is 62.7 cm³/mol. The third-order valence-electron chi connectivity index (χ3n) is 2.19. The fourth-order valence-electron chi connectivity index (χ4n) is 1.39. The lowest BCUT2D eigenvalue weighted by molar-refractivity contribution is 0.364. The zero-order chi connectivity index (χ0) is 12.3. The van der Waals surface area contributed by atoms with E-state index in [1.54, 1.807) is 25.1 Å². The van der Waals surface area contributed by atoms with E-state index in [4.69, 9.17) is 16.1 Å². The van der Waals surface area contributed by atoms with E-state index in [2.05, 4.69) is 15.5 Å². The van der Waals surface area contributed by atoms with Crippen LogP contribution in [-0.4, -0.2) is 15.2 Å².